The number of anilines is 1. The van der Waals surface area contributed by atoms with Gasteiger partial charge in [-0.2, -0.15) is 5.10 Å². The maximum atomic E-state index is 11.5. The van der Waals surface area contributed by atoms with E-state index in [-0.39, 0.29) is 5.56 Å². The number of hydrogen-bond acceptors (Lipinski definition) is 4. The molecule has 18 heavy (non-hydrogen) atoms. The molecule has 0 saturated heterocycles. The Bertz CT molecular complexity index is 420. The van der Waals surface area contributed by atoms with Crippen LogP contribution in [-0.4, -0.2) is 41.8 Å². The van der Waals surface area contributed by atoms with E-state index in [0.29, 0.717) is 16.4 Å². The van der Waals surface area contributed by atoms with Crippen molar-refractivity contribution in [2.24, 2.45) is 5.92 Å². The molecule has 1 aromatic rings. The third kappa shape index (κ3) is 4.78. The van der Waals surface area contributed by atoms with Crippen LogP contribution in [-0.2, 0) is 0 Å². The number of rotatable bonds is 6. The lowest BCUT2D eigenvalue weighted by Gasteiger charge is -2.25. The van der Waals surface area contributed by atoms with Crippen molar-refractivity contribution in [1.29, 1.82) is 0 Å². The van der Waals surface area contributed by atoms with Gasteiger partial charge in [-0.25, -0.2) is 5.10 Å². The van der Waals surface area contributed by atoms with E-state index in [0.717, 1.165) is 18.7 Å². The Morgan fingerprint density at radius 2 is 2.17 bits per heavy atom. The molecule has 0 aliphatic rings. The molecule has 0 fully saturated rings. The van der Waals surface area contributed by atoms with Crippen LogP contribution in [0.25, 0.3) is 0 Å². The number of aromatic nitrogens is 2. The molecule has 0 bridgehead atoms. The van der Waals surface area contributed by atoms with Gasteiger partial charge in [0.1, 0.15) is 4.47 Å². The van der Waals surface area contributed by atoms with Crippen molar-refractivity contribution < 1.29 is 0 Å². The first-order valence-corrected chi connectivity index (χ1v) is 6.84. The standard InChI is InChI=1S/C12H21BrN4O/c1-8(2)5-9(7-17(3)4)15-10-6-14-16-12(18)11(10)13/h6,8-9H,5,7H2,1-4H3,(H2,15,16,18). The van der Waals surface area contributed by atoms with Gasteiger partial charge in [-0.15, -0.1) is 0 Å². The highest BCUT2D eigenvalue weighted by molar-refractivity contribution is 9.10. The summed E-state index contributed by atoms with van der Waals surface area (Å²) in [7, 11) is 4.08. The van der Waals surface area contributed by atoms with Gasteiger partial charge in [0.2, 0.25) is 0 Å². The average molecular weight is 317 g/mol. The van der Waals surface area contributed by atoms with Crippen LogP contribution in [0.5, 0.6) is 0 Å². The summed E-state index contributed by atoms with van der Waals surface area (Å²) in [4.78, 5) is 13.6. The molecule has 1 unspecified atom stereocenters. The minimum absolute atomic E-state index is 0.215. The van der Waals surface area contributed by atoms with Gasteiger partial charge >= 0.3 is 0 Å². The molecule has 0 aromatic carbocycles. The van der Waals surface area contributed by atoms with Crippen LogP contribution in [0, 0.1) is 5.92 Å². The number of likely N-dealkylation sites (N-methyl/N-ethyl adjacent to an activating group) is 1. The van der Waals surface area contributed by atoms with E-state index < -0.39 is 0 Å². The van der Waals surface area contributed by atoms with Gasteiger partial charge in [-0.1, -0.05) is 13.8 Å². The molecular weight excluding hydrogens is 296 g/mol. The third-order valence-electron chi connectivity index (χ3n) is 2.50. The SMILES string of the molecule is CC(C)CC(CN(C)C)Nc1cn[nH]c(=O)c1Br. The number of nitrogens with zero attached hydrogens (tertiary/aromatic N) is 2. The fraction of sp³-hybridized carbons (Fsp3) is 0.667. The van der Waals surface area contributed by atoms with Crippen LogP contribution in [0.15, 0.2) is 15.5 Å². The summed E-state index contributed by atoms with van der Waals surface area (Å²) in [5.41, 5.74) is 0.527. The van der Waals surface area contributed by atoms with Crippen molar-refractivity contribution >= 4 is 21.6 Å². The van der Waals surface area contributed by atoms with E-state index >= 15 is 0 Å². The Hall–Kier alpha value is -0.880. The Morgan fingerprint density at radius 1 is 1.50 bits per heavy atom. The quantitative estimate of drug-likeness (QED) is 0.841. The molecule has 1 atom stereocenters. The predicted molar refractivity (Wildman–Crippen MR) is 78.0 cm³/mol. The van der Waals surface area contributed by atoms with Crippen molar-refractivity contribution in [3.8, 4) is 0 Å². The summed E-state index contributed by atoms with van der Waals surface area (Å²) in [5, 5.41) is 9.58. The maximum absolute atomic E-state index is 11.5. The largest absolute Gasteiger partial charge is 0.379 e. The Balaban J connectivity index is 2.81. The topological polar surface area (TPSA) is 61.0 Å². The zero-order chi connectivity index (χ0) is 13.7. The van der Waals surface area contributed by atoms with Gasteiger partial charge in [0.25, 0.3) is 5.56 Å². The minimum Gasteiger partial charge on any atom is -0.379 e. The van der Waals surface area contributed by atoms with Crippen molar-refractivity contribution in [2.45, 2.75) is 26.3 Å². The summed E-state index contributed by atoms with van der Waals surface area (Å²) in [6.45, 7) is 5.29. The second-order valence-corrected chi connectivity index (χ2v) is 5.95. The molecule has 0 radical (unpaired) electrons. The molecule has 5 nitrogen and oxygen atoms in total. The van der Waals surface area contributed by atoms with E-state index in [1.807, 2.05) is 14.1 Å². The van der Waals surface area contributed by atoms with Crippen LogP contribution in [0.3, 0.4) is 0 Å². The predicted octanol–water partition coefficient (Wildman–Crippen LogP) is 1.92. The van der Waals surface area contributed by atoms with E-state index in [2.05, 4.69) is 50.2 Å². The van der Waals surface area contributed by atoms with E-state index in [4.69, 9.17) is 0 Å². The fourth-order valence-electron chi connectivity index (χ4n) is 1.89. The number of aromatic amines is 1. The van der Waals surface area contributed by atoms with Gasteiger partial charge in [0.05, 0.1) is 11.9 Å². The number of H-pyrrole nitrogens is 1. The lowest BCUT2D eigenvalue weighted by Crippen LogP contribution is -2.34. The number of halogens is 1. The van der Waals surface area contributed by atoms with Gasteiger partial charge in [-0.05, 0) is 42.4 Å². The third-order valence-corrected chi connectivity index (χ3v) is 3.28. The normalized spacial score (nSPS) is 13.1. The summed E-state index contributed by atoms with van der Waals surface area (Å²) in [6, 6.07) is 0.292. The van der Waals surface area contributed by atoms with E-state index in [1.54, 1.807) is 6.20 Å². The molecule has 0 saturated carbocycles. The zero-order valence-corrected chi connectivity index (χ0v) is 12.9. The highest BCUT2D eigenvalue weighted by atomic mass is 79.9. The van der Waals surface area contributed by atoms with Crippen molar-refractivity contribution in [3.05, 3.63) is 21.0 Å². The van der Waals surface area contributed by atoms with Gasteiger partial charge < -0.3 is 10.2 Å². The van der Waals surface area contributed by atoms with E-state index in [1.165, 1.54) is 0 Å². The molecule has 2 N–H and O–H groups in total. The van der Waals surface area contributed by atoms with Crippen LogP contribution >= 0.6 is 15.9 Å². The van der Waals surface area contributed by atoms with Crippen LogP contribution in [0.1, 0.15) is 20.3 Å². The van der Waals surface area contributed by atoms with Crippen LogP contribution in [0.4, 0.5) is 5.69 Å². The zero-order valence-electron chi connectivity index (χ0n) is 11.3. The van der Waals surface area contributed by atoms with Gasteiger partial charge in [0, 0.05) is 12.6 Å². The average Bonchev–Trinajstić information content (AvgIpc) is 2.23. The molecule has 0 spiro atoms. The summed E-state index contributed by atoms with van der Waals surface area (Å²) < 4.78 is 0.505. The lowest BCUT2D eigenvalue weighted by molar-refractivity contribution is 0.356. The monoisotopic (exact) mass is 316 g/mol. The molecule has 0 amide bonds. The van der Waals surface area contributed by atoms with Crippen LogP contribution < -0.4 is 10.9 Å². The lowest BCUT2D eigenvalue weighted by atomic mass is 10.0. The smallest absolute Gasteiger partial charge is 0.280 e. The molecule has 1 heterocycles. The fourth-order valence-corrected chi connectivity index (χ4v) is 2.20. The molecule has 0 aliphatic heterocycles. The van der Waals surface area contributed by atoms with Crippen molar-refractivity contribution in [2.75, 3.05) is 26.0 Å². The first-order chi connectivity index (χ1) is 8.40. The van der Waals surface area contributed by atoms with Crippen molar-refractivity contribution in [1.82, 2.24) is 15.1 Å². The second-order valence-electron chi connectivity index (χ2n) is 5.16. The number of nitrogens with one attached hydrogen (secondary N) is 2. The molecule has 6 heteroatoms. The van der Waals surface area contributed by atoms with Gasteiger partial charge in [-0.3, -0.25) is 4.79 Å². The van der Waals surface area contributed by atoms with Crippen LogP contribution in [0.2, 0.25) is 0 Å². The van der Waals surface area contributed by atoms with Gasteiger partial charge in [0.15, 0.2) is 0 Å². The number of hydrogen-bond donors (Lipinski definition) is 2. The molecule has 0 aliphatic carbocycles. The first kappa shape index (κ1) is 15.2. The Morgan fingerprint density at radius 3 is 2.72 bits per heavy atom. The Kier molecular flexibility index (Phi) is 5.81. The highest BCUT2D eigenvalue weighted by Crippen LogP contribution is 2.19. The minimum atomic E-state index is -0.215. The molecule has 1 rings (SSSR count). The summed E-state index contributed by atoms with van der Waals surface area (Å²) in [5.74, 6) is 0.594. The van der Waals surface area contributed by atoms with Crippen molar-refractivity contribution in [3.63, 3.8) is 0 Å². The molecular formula is C12H21BrN4O. The second kappa shape index (κ2) is 6.89. The highest BCUT2D eigenvalue weighted by Gasteiger charge is 2.14. The summed E-state index contributed by atoms with van der Waals surface area (Å²) >= 11 is 3.28. The van der Waals surface area contributed by atoms with E-state index in [9.17, 15) is 4.79 Å². The molecule has 102 valence electrons. The first-order valence-electron chi connectivity index (χ1n) is 6.04. The molecule has 1 aromatic heterocycles. The Labute approximate surface area is 116 Å². The summed E-state index contributed by atoms with van der Waals surface area (Å²) in [6.07, 6.45) is 2.67. The maximum Gasteiger partial charge on any atom is 0.280 e.